The lowest BCUT2D eigenvalue weighted by molar-refractivity contribution is 1.16. The molecule has 1 rings (SSSR count). The zero-order chi connectivity index (χ0) is 13.0. The third kappa shape index (κ3) is 6.18. The highest BCUT2D eigenvalue weighted by Gasteiger charge is 1.96. The number of hydrogen-bond acceptors (Lipinski definition) is 1. The number of aromatic nitrogens is 1. The van der Waals surface area contributed by atoms with Crippen molar-refractivity contribution in [2.45, 2.75) is 41.5 Å². The zero-order valence-electron chi connectivity index (χ0n) is 11.5. The predicted octanol–water partition coefficient (Wildman–Crippen LogP) is 4.95. The second-order valence-corrected chi connectivity index (χ2v) is 2.72. The highest BCUT2D eigenvalue weighted by Crippen LogP contribution is 2.12. The summed E-state index contributed by atoms with van der Waals surface area (Å²) in [6, 6.07) is 2.01. The molecule has 0 amide bonds. The second kappa shape index (κ2) is 11.7. The van der Waals surface area contributed by atoms with Gasteiger partial charge in [-0.3, -0.25) is 4.98 Å². The number of nitrogens with zero attached hydrogens (tertiary/aromatic N) is 1. The van der Waals surface area contributed by atoms with Crippen molar-refractivity contribution in [2.24, 2.45) is 0 Å². The first-order valence-corrected chi connectivity index (χ1v) is 5.97. The third-order valence-corrected chi connectivity index (χ3v) is 1.81. The average molecular weight is 219 g/mol. The van der Waals surface area contributed by atoms with E-state index < -0.39 is 0 Å². The fourth-order valence-corrected chi connectivity index (χ4v) is 1.12. The van der Waals surface area contributed by atoms with Crippen LogP contribution in [0.15, 0.2) is 31.0 Å². The van der Waals surface area contributed by atoms with E-state index in [2.05, 4.69) is 18.5 Å². The van der Waals surface area contributed by atoms with Crippen molar-refractivity contribution in [1.82, 2.24) is 4.98 Å². The maximum atomic E-state index is 4.21. The van der Waals surface area contributed by atoms with Gasteiger partial charge in [-0.25, -0.2) is 0 Å². The molecule has 0 saturated heterocycles. The van der Waals surface area contributed by atoms with E-state index in [-0.39, 0.29) is 0 Å². The molecule has 1 heteroatoms. The molecule has 0 N–H and O–H groups in total. The molecule has 1 heterocycles. The maximum Gasteiger partial charge on any atom is 0.0447 e. The van der Waals surface area contributed by atoms with Gasteiger partial charge in [0.1, 0.15) is 0 Å². The van der Waals surface area contributed by atoms with Gasteiger partial charge in [0.25, 0.3) is 0 Å². The van der Waals surface area contributed by atoms with Crippen molar-refractivity contribution in [2.75, 3.05) is 0 Å². The first-order valence-electron chi connectivity index (χ1n) is 5.97. The number of aryl methyl sites for hydroxylation is 2. The number of allylic oxidation sites excluding steroid dienone is 2. The Bertz CT molecular complexity index is 291. The topological polar surface area (TPSA) is 12.9 Å². The van der Waals surface area contributed by atoms with Gasteiger partial charge in [0.15, 0.2) is 0 Å². The van der Waals surface area contributed by atoms with Crippen LogP contribution in [-0.4, -0.2) is 4.98 Å². The molecular formula is C15H25N. The highest BCUT2D eigenvalue weighted by molar-refractivity contribution is 5.56. The first kappa shape index (κ1) is 17.0. The van der Waals surface area contributed by atoms with Crippen molar-refractivity contribution in [3.8, 4) is 0 Å². The van der Waals surface area contributed by atoms with Gasteiger partial charge in [-0.15, -0.1) is 0 Å². The van der Waals surface area contributed by atoms with Crippen LogP contribution in [-0.2, 0) is 0 Å². The van der Waals surface area contributed by atoms with Crippen LogP contribution < -0.4 is 0 Å². The SMILES string of the molecule is C=C/C=C\c1c(C)ccnc1C.CC.CC. The Balaban J connectivity index is 0. The lowest BCUT2D eigenvalue weighted by Gasteiger charge is -2.01. The molecule has 1 aromatic heterocycles. The normalized spacial score (nSPS) is 8.62. The number of pyridine rings is 1. The van der Waals surface area contributed by atoms with Crippen LogP contribution in [0.5, 0.6) is 0 Å². The summed E-state index contributed by atoms with van der Waals surface area (Å²) in [6.07, 6.45) is 7.56. The standard InChI is InChI=1S/C11H13N.2C2H6/c1-4-5-6-11-9(2)7-8-12-10(11)3;2*1-2/h4-8H,1H2,2-3H3;2*1-2H3/b6-5-;;. The number of hydrogen-bond donors (Lipinski definition) is 0. The Labute approximate surface area is 101 Å². The van der Waals surface area contributed by atoms with Gasteiger partial charge in [-0.1, -0.05) is 52.5 Å². The van der Waals surface area contributed by atoms with Crippen LogP contribution in [0.3, 0.4) is 0 Å². The van der Waals surface area contributed by atoms with Crippen molar-refractivity contribution < 1.29 is 0 Å². The molecule has 0 spiro atoms. The molecule has 16 heavy (non-hydrogen) atoms. The Hall–Kier alpha value is -1.37. The molecular weight excluding hydrogens is 194 g/mol. The van der Waals surface area contributed by atoms with E-state index in [4.69, 9.17) is 0 Å². The first-order chi connectivity index (χ1) is 7.75. The molecule has 0 aliphatic heterocycles. The van der Waals surface area contributed by atoms with E-state index in [1.807, 2.05) is 59.0 Å². The van der Waals surface area contributed by atoms with E-state index in [1.165, 1.54) is 11.1 Å². The molecule has 0 atom stereocenters. The Kier molecular flexibility index (Phi) is 12.5. The molecule has 0 aliphatic rings. The molecule has 0 aromatic carbocycles. The summed E-state index contributed by atoms with van der Waals surface area (Å²) in [4.78, 5) is 4.21. The quantitative estimate of drug-likeness (QED) is 0.641. The van der Waals surface area contributed by atoms with E-state index in [1.54, 1.807) is 6.08 Å². The molecule has 0 aliphatic carbocycles. The van der Waals surface area contributed by atoms with E-state index in [0.717, 1.165) is 5.69 Å². The van der Waals surface area contributed by atoms with Crippen LogP contribution in [0.25, 0.3) is 6.08 Å². The van der Waals surface area contributed by atoms with Crippen molar-refractivity contribution >= 4 is 6.08 Å². The van der Waals surface area contributed by atoms with E-state index in [0.29, 0.717) is 0 Å². The van der Waals surface area contributed by atoms with Gasteiger partial charge >= 0.3 is 0 Å². The van der Waals surface area contributed by atoms with Crippen LogP contribution in [0, 0.1) is 13.8 Å². The summed E-state index contributed by atoms with van der Waals surface area (Å²) < 4.78 is 0. The summed E-state index contributed by atoms with van der Waals surface area (Å²) >= 11 is 0. The van der Waals surface area contributed by atoms with Gasteiger partial charge in [-0.05, 0) is 31.0 Å². The highest BCUT2D eigenvalue weighted by atomic mass is 14.7. The predicted molar refractivity (Wildman–Crippen MR) is 75.6 cm³/mol. The largest absolute Gasteiger partial charge is 0.261 e. The van der Waals surface area contributed by atoms with Crippen molar-refractivity contribution in [3.63, 3.8) is 0 Å². The van der Waals surface area contributed by atoms with Gasteiger partial charge in [0.05, 0.1) is 0 Å². The second-order valence-electron chi connectivity index (χ2n) is 2.72. The van der Waals surface area contributed by atoms with Crippen LogP contribution in [0.4, 0.5) is 0 Å². The summed E-state index contributed by atoms with van der Waals surface area (Å²) in [6.45, 7) is 15.7. The minimum atomic E-state index is 1.06. The minimum absolute atomic E-state index is 1.06. The van der Waals surface area contributed by atoms with E-state index >= 15 is 0 Å². The summed E-state index contributed by atoms with van der Waals surface area (Å²) in [5.74, 6) is 0. The Morgan fingerprint density at radius 3 is 2.12 bits per heavy atom. The summed E-state index contributed by atoms with van der Waals surface area (Å²) in [5.41, 5.74) is 3.51. The van der Waals surface area contributed by atoms with Gasteiger partial charge in [0, 0.05) is 11.9 Å². The maximum absolute atomic E-state index is 4.21. The molecule has 0 saturated carbocycles. The molecule has 0 fully saturated rings. The molecule has 0 radical (unpaired) electrons. The monoisotopic (exact) mass is 219 g/mol. The van der Waals surface area contributed by atoms with Crippen LogP contribution in [0.2, 0.25) is 0 Å². The zero-order valence-corrected chi connectivity index (χ0v) is 11.5. The Morgan fingerprint density at radius 2 is 1.69 bits per heavy atom. The van der Waals surface area contributed by atoms with E-state index in [9.17, 15) is 0 Å². The fourth-order valence-electron chi connectivity index (χ4n) is 1.12. The summed E-state index contributed by atoms with van der Waals surface area (Å²) in [7, 11) is 0. The molecule has 1 aromatic rings. The molecule has 0 unspecified atom stereocenters. The van der Waals surface area contributed by atoms with Gasteiger partial charge < -0.3 is 0 Å². The van der Waals surface area contributed by atoms with Gasteiger partial charge in [0.2, 0.25) is 0 Å². The molecule has 1 nitrogen and oxygen atoms in total. The average Bonchev–Trinajstić information content (AvgIpc) is 2.34. The fraction of sp³-hybridized carbons (Fsp3) is 0.400. The van der Waals surface area contributed by atoms with Crippen molar-refractivity contribution in [3.05, 3.63) is 47.8 Å². The van der Waals surface area contributed by atoms with Crippen LogP contribution >= 0.6 is 0 Å². The Morgan fingerprint density at radius 1 is 1.12 bits per heavy atom. The summed E-state index contributed by atoms with van der Waals surface area (Å²) in [5, 5.41) is 0. The number of rotatable bonds is 2. The van der Waals surface area contributed by atoms with Gasteiger partial charge in [-0.2, -0.15) is 0 Å². The lowest BCUT2D eigenvalue weighted by Crippen LogP contribution is -1.88. The van der Waals surface area contributed by atoms with Crippen molar-refractivity contribution in [1.29, 1.82) is 0 Å². The lowest BCUT2D eigenvalue weighted by atomic mass is 10.1. The third-order valence-electron chi connectivity index (χ3n) is 1.81. The smallest absolute Gasteiger partial charge is 0.0447 e. The molecule has 90 valence electrons. The minimum Gasteiger partial charge on any atom is -0.261 e. The molecule has 0 bridgehead atoms. The van der Waals surface area contributed by atoms with Crippen LogP contribution in [0.1, 0.15) is 44.5 Å².